The summed E-state index contributed by atoms with van der Waals surface area (Å²) in [5, 5.41) is 10.4. The third kappa shape index (κ3) is 2.64. The molecule has 0 fully saturated rings. The van der Waals surface area contributed by atoms with Crippen molar-refractivity contribution in [3.05, 3.63) is 72.3 Å². The summed E-state index contributed by atoms with van der Waals surface area (Å²) in [5.41, 5.74) is 4.38. The summed E-state index contributed by atoms with van der Waals surface area (Å²) < 4.78 is 0. The van der Waals surface area contributed by atoms with Gasteiger partial charge in [0, 0.05) is 5.56 Å². The Morgan fingerprint density at radius 3 is 1.82 bits per heavy atom. The highest BCUT2D eigenvalue weighted by atomic mass is 28.3. The molecule has 1 heteroatoms. The van der Waals surface area contributed by atoms with Crippen molar-refractivity contribution in [1.82, 2.24) is 0 Å². The van der Waals surface area contributed by atoms with Crippen molar-refractivity contribution in [2.24, 2.45) is 0 Å². The van der Waals surface area contributed by atoms with E-state index in [2.05, 4.69) is 110 Å². The molecule has 0 N–H and O–H groups in total. The van der Waals surface area contributed by atoms with Crippen molar-refractivity contribution in [2.45, 2.75) is 19.6 Å². The Hall–Kier alpha value is -3.26. The lowest BCUT2D eigenvalue weighted by Crippen LogP contribution is -2.16. The van der Waals surface area contributed by atoms with E-state index in [4.69, 9.17) is 0 Å². The standard InChI is InChI=1S/C27H20Si/c1-28(2,3)18-5-4-9-19-16-17-25-23-14-7-11-20-10-6-13-22(26(20)23)24-15-8-12-21(19)27(24)25/h6-8,10-17H,1-3H3. The quantitative estimate of drug-likeness (QED) is 0.119. The highest BCUT2D eigenvalue weighted by Gasteiger charge is 2.13. The van der Waals surface area contributed by atoms with Crippen LogP contribution in [0.5, 0.6) is 0 Å². The van der Waals surface area contributed by atoms with Gasteiger partial charge in [-0.1, -0.05) is 86.2 Å². The van der Waals surface area contributed by atoms with Gasteiger partial charge in [0.05, 0.1) is 0 Å². The zero-order valence-corrected chi connectivity index (χ0v) is 17.4. The van der Waals surface area contributed by atoms with Gasteiger partial charge in [0.25, 0.3) is 0 Å². The SMILES string of the molecule is C[Si](C)(C)C#CC#Cc1ccc2c3cccc4cccc(c5cccc1c52)c43. The van der Waals surface area contributed by atoms with Crippen molar-refractivity contribution in [3.8, 4) is 23.3 Å². The van der Waals surface area contributed by atoms with Crippen molar-refractivity contribution in [1.29, 1.82) is 0 Å². The first-order valence-electron chi connectivity index (χ1n) is 9.64. The highest BCUT2D eigenvalue weighted by Crippen LogP contribution is 2.40. The Labute approximate surface area is 166 Å². The molecular formula is C27H20Si. The van der Waals surface area contributed by atoms with Crippen molar-refractivity contribution >= 4 is 51.2 Å². The van der Waals surface area contributed by atoms with Gasteiger partial charge in [0.2, 0.25) is 0 Å². The van der Waals surface area contributed by atoms with E-state index in [1.165, 1.54) is 43.1 Å². The molecule has 0 radical (unpaired) electrons. The van der Waals surface area contributed by atoms with E-state index in [-0.39, 0.29) is 0 Å². The van der Waals surface area contributed by atoms with Crippen LogP contribution in [0, 0.1) is 23.3 Å². The summed E-state index contributed by atoms with van der Waals surface area (Å²) in [4.78, 5) is 0. The van der Waals surface area contributed by atoms with Crippen LogP contribution >= 0.6 is 0 Å². The lowest BCUT2D eigenvalue weighted by atomic mass is 9.88. The first-order chi connectivity index (χ1) is 13.5. The van der Waals surface area contributed by atoms with Crippen LogP contribution in [0.1, 0.15) is 5.56 Å². The van der Waals surface area contributed by atoms with Gasteiger partial charge in [-0.3, -0.25) is 0 Å². The fourth-order valence-corrected chi connectivity index (χ4v) is 4.51. The molecule has 5 aromatic carbocycles. The molecule has 0 unspecified atom stereocenters. The second kappa shape index (κ2) is 6.13. The van der Waals surface area contributed by atoms with Gasteiger partial charge in [0.15, 0.2) is 0 Å². The van der Waals surface area contributed by atoms with Crippen molar-refractivity contribution in [2.75, 3.05) is 0 Å². The fourth-order valence-electron chi connectivity index (χ4n) is 4.07. The van der Waals surface area contributed by atoms with Crippen LogP contribution in [-0.4, -0.2) is 8.07 Å². The largest absolute Gasteiger partial charge is 0.130 e. The molecule has 0 saturated carbocycles. The maximum Gasteiger partial charge on any atom is 0.130 e. The molecule has 0 bridgehead atoms. The minimum absolute atomic E-state index is 1.05. The van der Waals surface area contributed by atoms with E-state index in [0.29, 0.717) is 0 Å². The van der Waals surface area contributed by atoms with Crippen LogP contribution in [0.15, 0.2) is 66.7 Å². The Bertz CT molecular complexity index is 1440. The Kier molecular flexibility index (Phi) is 3.70. The smallest absolute Gasteiger partial charge is 0.118 e. The van der Waals surface area contributed by atoms with Crippen molar-refractivity contribution in [3.63, 3.8) is 0 Å². The van der Waals surface area contributed by atoms with Crippen LogP contribution in [0.4, 0.5) is 0 Å². The van der Waals surface area contributed by atoms with Crippen LogP contribution in [0.3, 0.4) is 0 Å². The predicted octanol–water partition coefficient (Wildman–Crippen LogP) is 6.97. The van der Waals surface area contributed by atoms with Crippen molar-refractivity contribution < 1.29 is 0 Å². The summed E-state index contributed by atoms with van der Waals surface area (Å²) in [6.45, 7) is 6.71. The van der Waals surface area contributed by atoms with Gasteiger partial charge in [-0.05, 0) is 61.0 Å². The topological polar surface area (TPSA) is 0 Å². The molecule has 0 aliphatic carbocycles. The Balaban J connectivity index is 1.87. The minimum atomic E-state index is -1.39. The summed E-state index contributed by atoms with van der Waals surface area (Å²) in [6.07, 6.45) is 0. The predicted molar refractivity (Wildman–Crippen MR) is 126 cm³/mol. The van der Waals surface area contributed by atoms with Crippen LogP contribution in [0.25, 0.3) is 43.1 Å². The maximum absolute atomic E-state index is 3.33. The zero-order valence-electron chi connectivity index (χ0n) is 16.4. The first-order valence-corrected chi connectivity index (χ1v) is 13.1. The summed E-state index contributed by atoms with van der Waals surface area (Å²) in [7, 11) is -1.39. The second-order valence-corrected chi connectivity index (χ2v) is 13.1. The van der Waals surface area contributed by atoms with E-state index >= 15 is 0 Å². The molecule has 5 aromatic rings. The monoisotopic (exact) mass is 372 g/mol. The lowest BCUT2D eigenvalue weighted by molar-refractivity contribution is 1.75. The molecule has 0 aliphatic rings. The van der Waals surface area contributed by atoms with Gasteiger partial charge >= 0.3 is 0 Å². The van der Waals surface area contributed by atoms with E-state index in [9.17, 15) is 0 Å². The average Bonchev–Trinajstić information content (AvgIpc) is 2.69. The van der Waals surface area contributed by atoms with Gasteiger partial charge in [-0.25, -0.2) is 0 Å². The molecule has 0 nitrogen and oxygen atoms in total. The van der Waals surface area contributed by atoms with Crippen LogP contribution in [0.2, 0.25) is 19.6 Å². The highest BCUT2D eigenvalue weighted by molar-refractivity contribution is 6.83. The van der Waals surface area contributed by atoms with Gasteiger partial charge in [-0.2, -0.15) is 0 Å². The molecule has 132 valence electrons. The third-order valence-corrected chi connectivity index (χ3v) is 6.10. The number of benzene rings is 5. The number of hydrogen-bond acceptors (Lipinski definition) is 0. The Morgan fingerprint density at radius 1 is 0.571 bits per heavy atom. The van der Waals surface area contributed by atoms with Crippen LogP contribution in [-0.2, 0) is 0 Å². The molecule has 0 saturated heterocycles. The fraction of sp³-hybridized carbons (Fsp3) is 0.111. The molecule has 0 aromatic heterocycles. The Morgan fingerprint density at radius 2 is 1.14 bits per heavy atom. The second-order valence-electron chi connectivity index (χ2n) is 8.35. The first kappa shape index (κ1) is 16.9. The van der Waals surface area contributed by atoms with Gasteiger partial charge in [0.1, 0.15) is 8.07 Å². The summed E-state index contributed by atoms with van der Waals surface area (Å²) >= 11 is 0. The number of hydrogen-bond donors (Lipinski definition) is 0. The van der Waals surface area contributed by atoms with E-state index < -0.39 is 8.07 Å². The summed E-state index contributed by atoms with van der Waals surface area (Å²) in [5.74, 6) is 9.48. The molecule has 0 atom stereocenters. The van der Waals surface area contributed by atoms with Gasteiger partial charge in [-0.15, -0.1) is 5.54 Å². The molecule has 0 spiro atoms. The molecule has 0 aliphatic heterocycles. The maximum atomic E-state index is 3.33. The molecule has 0 heterocycles. The average molecular weight is 373 g/mol. The lowest BCUT2D eigenvalue weighted by Gasteiger charge is -2.14. The van der Waals surface area contributed by atoms with E-state index in [1.54, 1.807) is 0 Å². The van der Waals surface area contributed by atoms with Gasteiger partial charge < -0.3 is 0 Å². The normalized spacial score (nSPS) is 11.5. The third-order valence-electron chi connectivity index (χ3n) is 5.22. The molecule has 28 heavy (non-hydrogen) atoms. The molecular weight excluding hydrogens is 352 g/mol. The summed E-state index contributed by atoms with van der Waals surface area (Å²) in [6, 6.07) is 24.1. The molecule has 0 amide bonds. The molecule has 5 rings (SSSR count). The number of fused-ring (bicyclic) bond motifs is 2. The number of rotatable bonds is 0. The van der Waals surface area contributed by atoms with Crippen LogP contribution < -0.4 is 0 Å². The minimum Gasteiger partial charge on any atom is -0.118 e. The zero-order chi connectivity index (χ0) is 19.3. The van der Waals surface area contributed by atoms with E-state index in [0.717, 1.165) is 5.56 Å². The van der Waals surface area contributed by atoms with E-state index in [1.807, 2.05) is 0 Å².